The van der Waals surface area contributed by atoms with Crippen LogP contribution >= 0.6 is 0 Å². The van der Waals surface area contributed by atoms with E-state index >= 15 is 0 Å². The minimum atomic E-state index is -4.74. The first-order chi connectivity index (χ1) is 8.77. The fourth-order valence-electron chi connectivity index (χ4n) is 2.10. The van der Waals surface area contributed by atoms with Crippen molar-refractivity contribution in [2.45, 2.75) is 6.18 Å². The molecule has 1 aromatic carbocycles. The lowest BCUT2D eigenvalue weighted by Gasteiger charge is -2.09. The molecule has 0 atom stereocenters. The van der Waals surface area contributed by atoms with Gasteiger partial charge in [0.15, 0.2) is 0 Å². The van der Waals surface area contributed by atoms with E-state index in [2.05, 4.69) is 0 Å². The van der Waals surface area contributed by atoms with Gasteiger partial charge in [0.25, 0.3) is 0 Å². The lowest BCUT2D eigenvalue weighted by Crippen LogP contribution is -2.15. The number of hydrogen-bond donors (Lipinski definition) is 1. The Morgan fingerprint density at radius 1 is 1.37 bits per heavy atom. The van der Waals surface area contributed by atoms with Crippen LogP contribution in [0.1, 0.15) is 16.1 Å². The Morgan fingerprint density at radius 2 is 2.00 bits per heavy atom. The number of alkyl halides is 3. The zero-order chi connectivity index (χ0) is 14.4. The number of benzene rings is 1. The second kappa shape index (κ2) is 4.18. The summed E-state index contributed by atoms with van der Waals surface area (Å²) in [6.45, 7) is 0. The molecule has 4 nitrogen and oxygen atoms in total. The Labute approximate surface area is 106 Å². The minimum absolute atomic E-state index is 0.00155. The van der Waals surface area contributed by atoms with Gasteiger partial charge in [-0.1, -0.05) is 0 Å². The number of carboxylic acid groups (broad SMARTS) is 1. The molecule has 102 valence electrons. The molecule has 0 saturated heterocycles. The molecule has 0 bridgehead atoms. The van der Waals surface area contributed by atoms with Gasteiger partial charge in [0.2, 0.25) is 0 Å². The van der Waals surface area contributed by atoms with Crippen LogP contribution in [0.5, 0.6) is 5.75 Å². The van der Waals surface area contributed by atoms with Crippen LogP contribution in [0.2, 0.25) is 0 Å². The molecule has 1 N–H and O–H groups in total. The molecule has 2 rings (SSSR count). The Morgan fingerprint density at radius 3 is 2.47 bits per heavy atom. The molecule has 1 aromatic heterocycles. The molecule has 2 aromatic rings. The summed E-state index contributed by atoms with van der Waals surface area (Å²) in [4.78, 5) is 11.1. The van der Waals surface area contributed by atoms with Crippen LogP contribution in [0, 0.1) is 0 Å². The topological polar surface area (TPSA) is 51.5 Å². The summed E-state index contributed by atoms with van der Waals surface area (Å²) in [5.41, 5.74) is -1.75. The molecule has 7 heteroatoms. The Hall–Kier alpha value is -2.18. The largest absolute Gasteiger partial charge is 0.497 e. The van der Waals surface area contributed by atoms with E-state index in [0.29, 0.717) is 5.75 Å². The highest BCUT2D eigenvalue weighted by atomic mass is 19.4. The van der Waals surface area contributed by atoms with Crippen molar-refractivity contribution in [3.8, 4) is 5.75 Å². The van der Waals surface area contributed by atoms with Gasteiger partial charge in [0, 0.05) is 18.0 Å². The third-order valence-corrected chi connectivity index (χ3v) is 2.89. The number of aromatic nitrogens is 1. The number of aromatic carboxylic acids is 1. The van der Waals surface area contributed by atoms with Crippen molar-refractivity contribution in [3.05, 3.63) is 29.5 Å². The van der Waals surface area contributed by atoms with Gasteiger partial charge in [-0.05, 0) is 18.2 Å². The average Bonchev–Trinajstić information content (AvgIpc) is 2.62. The molecule has 1 heterocycles. The van der Waals surface area contributed by atoms with Crippen LogP contribution in [0.25, 0.3) is 10.9 Å². The Kier molecular flexibility index (Phi) is 2.92. The van der Waals surface area contributed by atoms with Crippen LogP contribution in [-0.2, 0) is 13.2 Å². The predicted molar refractivity (Wildman–Crippen MR) is 61.4 cm³/mol. The van der Waals surface area contributed by atoms with Crippen LogP contribution in [0.3, 0.4) is 0 Å². The molecule has 0 fully saturated rings. The van der Waals surface area contributed by atoms with Gasteiger partial charge >= 0.3 is 12.1 Å². The van der Waals surface area contributed by atoms with Crippen LogP contribution < -0.4 is 4.74 Å². The zero-order valence-corrected chi connectivity index (χ0v) is 10.1. The number of methoxy groups -OCH3 is 1. The number of carbonyl (C=O) groups is 1. The summed E-state index contributed by atoms with van der Waals surface area (Å²) < 4.78 is 44.7. The van der Waals surface area contributed by atoms with Crippen LogP contribution in [0.4, 0.5) is 13.2 Å². The van der Waals surface area contributed by atoms with E-state index in [1.165, 1.54) is 32.4 Å². The van der Waals surface area contributed by atoms with Crippen molar-refractivity contribution < 1.29 is 27.8 Å². The monoisotopic (exact) mass is 273 g/mol. The minimum Gasteiger partial charge on any atom is -0.497 e. The third-order valence-electron chi connectivity index (χ3n) is 2.89. The first kappa shape index (κ1) is 13.3. The summed E-state index contributed by atoms with van der Waals surface area (Å²) >= 11 is 0. The van der Waals surface area contributed by atoms with Gasteiger partial charge in [-0.3, -0.25) is 0 Å². The van der Waals surface area contributed by atoms with Crippen LogP contribution in [0.15, 0.2) is 18.2 Å². The molecule has 0 radical (unpaired) electrons. The van der Waals surface area contributed by atoms with Gasteiger partial charge in [0.1, 0.15) is 11.4 Å². The number of nitrogens with zero attached hydrogens (tertiary/aromatic N) is 1. The normalized spacial score (nSPS) is 11.8. The molecule has 19 heavy (non-hydrogen) atoms. The first-order valence-corrected chi connectivity index (χ1v) is 5.24. The molecular formula is C12H10F3NO3. The molecular weight excluding hydrogens is 263 g/mol. The van der Waals surface area contributed by atoms with Crippen LogP contribution in [-0.4, -0.2) is 22.8 Å². The van der Waals surface area contributed by atoms with Crippen molar-refractivity contribution in [2.24, 2.45) is 7.05 Å². The first-order valence-electron chi connectivity index (χ1n) is 5.24. The number of carboxylic acids is 1. The lowest BCUT2D eigenvalue weighted by molar-refractivity contribution is -0.143. The van der Waals surface area contributed by atoms with Crippen molar-refractivity contribution in [1.82, 2.24) is 4.57 Å². The maximum absolute atomic E-state index is 13.0. The van der Waals surface area contributed by atoms with E-state index < -0.39 is 23.4 Å². The Balaban J connectivity index is 2.93. The van der Waals surface area contributed by atoms with Crippen molar-refractivity contribution in [2.75, 3.05) is 7.11 Å². The Bertz CT molecular complexity index is 658. The molecule has 0 aliphatic rings. The van der Waals surface area contributed by atoms with Gasteiger partial charge in [-0.15, -0.1) is 0 Å². The molecule has 0 aliphatic heterocycles. The summed E-state index contributed by atoms with van der Waals surface area (Å²) in [6.07, 6.45) is -4.74. The van der Waals surface area contributed by atoms with E-state index in [-0.39, 0.29) is 10.9 Å². The summed E-state index contributed by atoms with van der Waals surface area (Å²) in [5.74, 6) is -1.32. The second-order valence-electron chi connectivity index (χ2n) is 3.97. The second-order valence-corrected chi connectivity index (χ2v) is 3.97. The molecule has 0 unspecified atom stereocenters. The average molecular weight is 273 g/mol. The zero-order valence-electron chi connectivity index (χ0n) is 10.1. The van der Waals surface area contributed by atoms with Gasteiger partial charge in [0.05, 0.1) is 12.7 Å². The summed E-state index contributed by atoms with van der Waals surface area (Å²) in [6, 6.07) is 4.16. The summed E-state index contributed by atoms with van der Waals surface area (Å²) in [7, 11) is 2.54. The highest BCUT2D eigenvalue weighted by molar-refractivity contribution is 6.05. The van der Waals surface area contributed by atoms with Crippen molar-refractivity contribution in [3.63, 3.8) is 0 Å². The quantitative estimate of drug-likeness (QED) is 0.915. The SMILES string of the molecule is COc1ccc2c(c1)c(C(=O)O)c(C(F)(F)F)n2C. The van der Waals surface area contributed by atoms with Crippen molar-refractivity contribution in [1.29, 1.82) is 0 Å². The number of aryl methyl sites for hydroxylation is 1. The number of halogens is 3. The van der Waals surface area contributed by atoms with E-state index in [0.717, 1.165) is 4.57 Å². The number of rotatable bonds is 2. The third kappa shape index (κ3) is 2.00. The summed E-state index contributed by atoms with van der Waals surface area (Å²) in [5, 5.41) is 9.05. The number of ether oxygens (including phenoxy) is 1. The molecule has 0 spiro atoms. The number of fused-ring (bicyclic) bond motifs is 1. The predicted octanol–water partition coefficient (Wildman–Crippen LogP) is 2.90. The van der Waals surface area contributed by atoms with E-state index in [1.807, 2.05) is 0 Å². The van der Waals surface area contributed by atoms with Gasteiger partial charge < -0.3 is 14.4 Å². The highest BCUT2D eigenvalue weighted by Crippen LogP contribution is 2.38. The van der Waals surface area contributed by atoms with Gasteiger partial charge in [-0.2, -0.15) is 13.2 Å². The molecule has 0 aliphatic carbocycles. The number of hydrogen-bond acceptors (Lipinski definition) is 2. The molecule has 0 saturated carbocycles. The maximum atomic E-state index is 13.0. The standard InChI is InChI=1S/C12H10F3NO3/c1-16-8-4-3-6(19-2)5-7(8)9(11(17)18)10(16)12(13,14)15/h3-5H,1-2H3,(H,17,18). The highest BCUT2D eigenvalue weighted by Gasteiger charge is 2.40. The van der Waals surface area contributed by atoms with E-state index in [4.69, 9.17) is 9.84 Å². The molecule has 0 amide bonds. The fourth-order valence-corrected chi connectivity index (χ4v) is 2.10. The van der Waals surface area contributed by atoms with Gasteiger partial charge in [-0.25, -0.2) is 4.79 Å². The van der Waals surface area contributed by atoms with E-state index in [9.17, 15) is 18.0 Å². The fraction of sp³-hybridized carbons (Fsp3) is 0.250. The smallest absolute Gasteiger partial charge is 0.432 e. The lowest BCUT2D eigenvalue weighted by atomic mass is 10.1. The van der Waals surface area contributed by atoms with E-state index in [1.54, 1.807) is 0 Å². The van der Waals surface area contributed by atoms with Crippen molar-refractivity contribution >= 4 is 16.9 Å². The maximum Gasteiger partial charge on any atom is 0.432 e.